The molecule has 1 aromatic heterocycles. The molecule has 0 aliphatic rings. The Hall–Kier alpha value is -1.13. The molecule has 4 nitrogen and oxygen atoms in total. The molecule has 0 amide bonds. The van der Waals surface area contributed by atoms with E-state index >= 15 is 0 Å². The number of ether oxygens (including phenoxy) is 2. The van der Waals surface area contributed by atoms with Gasteiger partial charge in [-0.15, -0.1) is 0 Å². The van der Waals surface area contributed by atoms with Crippen LogP contribution in [-0.4, -0.2) is 31.9 Å². The minimum Gasteiger partial charge on any atom is -0.489 e. The largest absolute Gasteiger partial charge is 0.489 e. The molecule has 0 aromatic carbocycles. The van der Waals surface area contributed by atoms with Gasteiger partial charge in [0.05, 0.1) is 12.3 Å². The first kappa shape index (κ1) is 13.9. The summed E-state index contributed by atoms with van der Waals surface area (Å²) in [5.74, 6) is 0.815. The fourth-order valence-corrected chi connectivity index (χ4v) is 1.68. The minimum absolute atomic E-state index is 0.166. The molecule has 0 saturated carbocycles. The summed E-state index contributed by atoms with van der Waals surface area (Å²) < 4.78 is 10.7. The van der Waals surface area contributed by atoms with Gasteiger partial charge in [0.1, 0.15) is 5.75 Å². The summed E-state index contributed by atoms with van der Waals surface area (Å²) in [6.07, 6.45) is 4.69. The lowest BCUT2D eigenvalue weighted by atomic mass is 10.1. The highest BCUT2D eigenvalue weighted by Gasteiger charge is 2.10. The van der Waals surface area contributed by atoms with Crippen molar-refractivity contribution in [1.29, 1.82) is 0 Å². The molecule has 0 spiro atoms. The van der Waals surface area contributed by atoms with Crippen LogP contribution in [0.15, 0.2) is 18.5 Å². The van der Waals surface area contributed by atoms with E-state index in [2.05, 4.69) is 10.3 Å². The first-order chi connectivity index (χ1) is 8.17. The normalized spacial score (nSPS) is 12.8. The molecule has 0 radical (unpaired) electrons. The van der Waals surface area contributed by atoms with E-state index in [1.807, 2.05) is 33.2 Å². The SMILES string of the molecule is CNC(CCOC)c1cncc(OC(C)C)c1. The van der Waals surface area contributed by atoms with Gasteiger partial charge in [0, 0.05) is 26.0 Å². The van der Waals surface area contributed by atoms with Gasteiger partial charge in [-0.05, 0) is 38.9 Å². The number of nitrogens with one attached hydrogen (secondary N) is 1. The highest BCUT2D eigenvalue weighted by atomic mass is 16.5. The highest BCUT2D eigenvalue weighted by Crippen LogP contribution is 2.20. The van der Waals surface area contributed by atoms with Crippen LogP contribution in [0.2, 0.25) is 0 Å². The van der Waals surface area contributed by atoms with E-state index in [1.54, 1.807) is 13.3 Å². The van der Waals surface area contributed by atoms with Gasteiger partial charge in [-0.25, -0.2) is 0 Å². The quantitative estimate of drug-likeness (QED) is 0.790. The average molecular weight is 238 g/mol. The van der Waals surface area contributed by atoms with Crippen molar-refractivity contribution < 1.29 is 9.47 Å². The molecule has 0 bridgehead atoms. The van der Waals surface area contributed by atoms with Crippen LogP contribution in [0.4, 0.5) is 0 Å². The fourth-order valence-electron chi connectivity index (χ4n) is 1.68. The molecular formula is C13H22N2O2. The third-order valence-corrected chi connectivity index (χ3v) is 2.47. The van der Waals surface area contributed by atoms with Crippen LogP contribution < -0.4 is 10.1 Å². The van der Waals surface area contributed by atoms with Crippen molar-refractivity contribution in [3.05, 3.63) is 24.0 Å². The topological polar surface area (TPSA) is 43.4 Å². The predicted molar refractivity (Wildman–Crippen MR) is 68.3 cm³/mol. The molecule has 1 aromatic rings. The molecule has 0 fully saturated rings. The first-order valence-corrected chi connectivity index (χ1v) is 5.95. The van der Waals surface area contributed by atoms with Gasteiger partial charge in [0.2, 0.25) is 0 Å². The van der Waals surface area contributed by atoms with Crippen LogP contribution in [0.5, 0.6) is 5.75 Å². The smallest absolute Gasteiger partial charge is 0.138 e. The number of aromatic nitrogens is 1. The fraction of sp³-hybridized carbons (Fsp3) is 0.615. The van der Waals surface area contributed by atoms with E-state index in [-0.39, 0.29) is 12.1 Å². The number of hydrogen-bond donors (Lipinski definition) is 1. The third-order valence-electron chi connectivity index (χ3n) is 2.47. The Kier molecular flexibility index (Phi) is 5.94. The monoisotopic (exact) mass is 238 g/mol. The molecule has 96 valence electrons. The summed E-state index contributed by atoms with van der Waals surface area (Å²) in [4.78, 5) is 4.21. The van der Waals surface area contributed by atoms with Crippen LogP contribution in [-0.2, 0) is 4.74 Å². The summed E-state index contributed by atoms with van der Waals surface area (Å²) in [5, 5.41) is 3.26. The molecule has 1 N–H and O–H groups in total. The van der Waals surface area contributed by atoms with Crippen LogP contribution in [0.1, 0.15) is 31.9 Å². The predicted octanol–water partition coefficient (Wildman–Crippen LogP) is 2.17. The van der Waals surface area contributed by atoms with E-state index < -0.39 is 0 Å². The van der Waals surface area contributed by atoms with Crippen molar-refractivity contribution >= 4 is 0 Å². The molecule has 1 rings (SSSR count). The van der Waals surface area contributed by atoms with Gasteiger partial charge in [-0.2, -0.15) is 0 Å². The van der Waals surface area contributed by atoms with Gasteiger partial charge in [0.15, 0.2) is 0 Å². The number of hydrogen-bond acceptors (Lipinski definition) is 4. The Morgan fingerprint density at radius 3 is 2.71 bits per heavy atom. The number of nitrogens with zero attached hydrogens (tertiary/aromatic N) is 1. The Morgan fingerprint density at radius 2 is 2.12 bits per heavy atom. The minimum atomic E-state index is 0.166. The molecule has 0 aliphatic carbocycles. The third kappa shape index (κ3) is 4.71. The second-order valence-electron chi connectivity index (χ2n) is 4.24. The van der Waals surface area contributed by atoms with Crippen LogP contribution >= 0.6 is 0 Å². The molecule has 4 heteroatoms. The van der Waals surface area contributed by atoms with Crippen molar-refractivity contribution in [2.24, 2.45) is 0 Å². The number of methoxy groups -OCH3 is 1. The maximum absolute atomic E-state index is 5.63. The van der Waals surface area contributed by atoms with Crippen LogP contribution in [0.3, 0.4) is 0 Å². The molecule has 1 unspecified atom stereocenters. The summed E-state index contributed by atoms with van der Waals surface area (Å²) in [6.45, 7) is 4.74. The van der Waals surface area contributed by atoms with Crippen molar-refractivity contribution in [3.63, 3.8) is 0 Å². The van der Waals surface area contributed by atoms with Crippen molar-refractivity contribution in [1.82, 2.24) is 10.3 Å². The molecule has 0 aliphatic heterocycles. The van der Waals surface area contributed by atoms with E-state index in [9.17, 15) is 0 Å². The maximum atomic E-state index is 5.63. The zero-order valence-electron chi connectivity index (χ0n) is 11.1. The van der Waals surface area contributed by atoms with E-state index in [1.165, 1.54) is 0 Å². The highest BCUT2D eigenvalue weighted by molar-refractivity contribution is 5.26. The second-order valence-corrected chi connectivity index (χ2v) is 4.24. The molecule has 1 heterocycles. The van der Waals surface area contributed by atoms with Gasteiger partial charge < -0.3 is 14.8 Å². The maximum Gasteiger partial charge on any atom is 0.138 e. The summed E-state index contributed by atoms with van der Waals surface area (Å²) in [5.41, 5.74) is 1.13. The lowest BCUT2D eigenvalue weighted by molar-refractivity contribution is 0.184. The van der Waals surface area contributed by atoms with Crippen LogP contribution in [0.25, 0.3) is 0 Å². The molecule has 1 atom stereocenters. The molecule has 0 saturated heterocycles. The molecular weight excluding hydrogens is 216 g/mol. The first-order valence-electron chi connectivity index (χ1n) is 5.95. The standard InChI is InChI=1S/C13H22N2O2/c1-10(2)17-12-7-11(8-15-9-12)13(14-3)5-6-16-4/h7-10,13-14H,5-6H2,1-4H3. The van der Waals surface area contributed by atoms with Crippen molar-refractivity contribution in [3.8, 4) is 5.75 Å². The van der Waals surface area contributed by atoms with Crippen molar-refractivity contribution in [2.45, 2.75) is 32.4 Å². The van der Waals surface area contributed by atoms with Gasteiger partial charge >= 0.3 is 0 Å². The Labute approximate surface area is 103 Å². The van der Waals surface area contributed by atoms with Gasteiger partial charge in [-0.1, -0.05) is 0 Å². The van der Waals surface area contributed by atoms with Crippen LogP contribution in [0, 0.1) is 0 Å². The second kappa shape index (κ2) is 7.25. The zero-order valence-corrected chi connectivity index (χ0v) is 11.1. The summed E-state index contributed by atoms with van der Waals surface area (Å²) in [7, 11) is 3.65. The van der Waals surface area contributed by atoms with E-state index in [4.69, 9.17) is 9.47 Å². The summed E-state index contributed by atoms with van der Waals surface area (Å²) in [6, 6.07) is 2.28. The van der Waals surface area contributed by atoms with E-state index in [0.717, 1.165) is 24.3 Å². The Bertz CT molecular complexity index is 329. The zero-order chi connectivity index (χ0) is 12.7. The number of pyridine rings is 1. The van der Waals surface area contributed by atoms with Crippen molar-refractivity contribution in [2.75, 3.05) is 20.8 Å². The van der Waals surface area contributed by atoms with Gasteiger partial charge in [0.25, 0.3) is 0 Å². The summed E-state index contributed by atoms with van der Waals surface area (Å²) >= 11 is 0. The van der Waals surface area contributed by atoms with E-state index in [0.29, 0.717) is 0 Å². The molecule has 17 heavy (non-hydrogen) atoms. The average Bonchev–Trinajstić information content (AvgIpc) is 2.30. The number of rotatable bonds is 7. The lowest BCUT2D eigenvalue weighted by Gasteiger charge is -2.17. The Morgan fingerprint density at radius 1 is 1.35 bits per heavy atom. The Balaban J connectivity index is 2.73. The lowest BCUT2D eigenvalue weighted by Crippen LogP contribution is -2.18. The van der Waals surface area contributed by atoms with Gasteiger partial charge in [-0.3, -0.25) is 4.98 Å².